The molecule has 1 amide bonds. The monoisotopic (exact) mass is 401 g/mol. The van der Waals surface area contributed by atoms with E-state index < -0.39 is 5.97 Å². The molecule has 0 aliphatic rings. The second kappa shape index (κ2) is 7.16. The number of aryl methyl sites for hydroxylation is 1. The van der Waals surface area contributed by atoms with Gasteiger partial charge < -0.3 is 14.6 Å². The summed E-state index contributed by atoms with van der Waals surface area (Å²) in [5, 5.41) is 6.07. The molecular weight excluding hydrogens is 389 g/mol. The van der Waals surface area contributed by atoms with Gasteiger partial charge in [0.25, 0.3) is 11.8 Å². The van der Waals surface area contributed by atoms with Crippen LogP contribution in [0.25, 0.3) is 0 Å². The molecule has 0 aliphatic heterocycles. The van der Waals surface area contributed by atoms with Gasteiger partial charge in [0.1, 0.15) is 6.54 Å². The van der Waals surface area contributed by atoms with Crippen LogP contribution < -0.4 is 5.32 Å². The zero-order valence-corrected chi connectivity index (χ0v) is 13.3. The van der Waals surface area contributed by atoms with E-state index in [1.165, 1.54) is 0 Å². The van der Waals surface area contributed by atoms with Crippen molar-refractivity contribution < 1.29 is 18.8 Å². The molecule has 0 aliphatic carbocycles. The predicted molar refractivity (Wildman–Crippen MR) is 80.3 cm³/mol. The van der Waals surface area contributed by atoms with Crippen LogP contribution in [0.2, 0.25) is 0 Å². The molecule has 0 saturated carbocycles. The van der Waals surface area contributed by atoms with E-state index in [1.807, 2.05) is 12.1 Å². The number of benzene rings is 1. The third-order valence-electron chi connectivity index (χ3n) is 2.44. The minimum atomic E-state index is -0.579. The minimum absolute atomic E-state index is 0.113. The molecule has 2 aromatic rings. The molecule has 0 atom stereocenters. The van der Waals surface area contributed by atoms with Crippen LogP contribution in [0.5, 0.6) is 0 Å². The second-order valence-corrected chi connectivity index (χ2v) is 5.22. The average Bonchev–Trinajstić information content (AvgIpc) is 2.89. The molecule has 0 bridgehead atoms. The number of ether oxygens (including phenoxy) is 1. The Morgan fingerprint density at radius 2 is 2.14 bits per heavy atom. The Morgan fingerprint density at radius 3 is 2.81 bits per heavy atom. The predicted octanol–water partition coefficient (Wildman–Crippen LogP) is 1.46. The molecular formula is C13H12IN3O4. The summed E-state index contributed by atoms with van der Waals surface area (Å²) in [5.41, 5.74) is 0.512. The highest BCUT2D eigenvalue weighted by Gasteiger charge is 2.12. The molecule has 2 rings (SSSR count). The number of rotatable bonds is 5. The van der Waals surface area contributed by atoms with Crippen molar-refractivity contribution >= 4 is 34.5 Å². The van der Waals surface area contributed by atoms with Gasteiger partial charge in [-0.05, 0) is 41.6 Å². The van der Waals surface area contributed by atoms with Gasteiger partial charge in [0.15, 0.2) is 12.4 Å². The number of amides is 1. The largest absolute Gasteiger partial charge is 0.454 e. The van der Waals surface area contributed by atoms with Gasteiger partial charge in [0.05, 0.1) is 5.56 Å². The number of carbonyl (C=O) groups excluding carboxylic acids is 2. The first-order chi connectivity index (χ1) is 10.1. The molecule has 110 valence electrons. The third kappa shape index (κ3) is 4.52. The minimum Gasteiger partial charge on any atom is -0.454 e. The summed E-state index contributed by atoms with van der Waals surface area (Å²) >= 11 is 2.05. The number of esters is 1. The summed E-state index contributed by atoms with van der Waals surface area (Å²) in [6.45, 7) is 1.33. The van der Waals surface area contributed by atoms with E-state index in [0.717, 1.165) is 3.57 Å². The van der Waals surface area contributed by atoms with Crippen molar-refractivity contribution in [2.45, 2.75) is 13.5 Å². The van der Waals surface area contributed by atoms with Gasteiger partial charge in [0.2, 0.25) is 0 Å². The number of carbonyl (C=O) groups is 2. The Labute approximate surface area is 134 Å². The number of halogens is 1. The van der Waals surface area contributed by atoms with Gasteiger partial charge in [0, 0.05) is 3.57 Å². The van der Waals surface area contributed by atoms with Crippen molar-refractivity contribution in [3.8, 4) is 0 Å². The summed E-state index contributed by atoms with van der Waals surface area (Å²) < 4.78 is 10.5. The summed E-state index contributed by atoms with van der Waals surface area (Å²) in [6.07, 6.45) is 0. The highest BCUT2D eigenvalue weighted by atomic mass is 127. The lowest BCUT2D eigenvalue weighted by molar-refractivity contribution is -0.144. The lowest BCUT2D eigenvalue weighted by atomic mass is 10.2. The van der Waals surface area contributed by atoms with Crippen LogP contribution in [0, 0.1) is 10.5 Å². The molecule has 0 unspecified atom stereocenters. The third-order valence-corrected chi connectivity index (χ3v) is 3.38. The van der Waals surface area contributed by atoms with Crippen molar-refractivity contribution in [1.82, 2.24) is 15.5 Å². The molecule has 1 aromatic heterocycles. The van der Waals surface area contributed by atoms with E-state index >= 15 is 0 Å². The number of hydrogen-bond donors (Lipinski definition) is 1. The molecule has 7 nitrogen and oxygen atoms in total. The molecule has 0 saturated heterocycles. The summed E-state index contributed by atoms with van der Waals surface area (Å²) in [6, 6.07) is 7.09. The Morgan fingerprint density at radius 1 is 1.38 bits per heavy atom. The number of nitrogens with one attached hydrogen (secondary N) is 1. The zero-order chi connectivity index (χ0) is 15.2. The van der Waals surface area contributed by atoms with Gasteiger partial charge in [-0.15, -0.1) is 0 Å². The van der Waals surface area contributed by atoms with Crippen LogP contribution in [0.15, 0.2) is 28.8 Å². The molecule has 0 fully saturated rings. The smallest absolute Gasteiger partial charge is 0.325 e. The van der Waals surface area contributed by atoms with Crippen LogP contribution in [0.3, 0.4) is 0 Å². The summed E-state index contributed by atoms with van der Waals surface area (Å²) in [5.74, 6) is -0.228. The maximum absolute atomic E-state index is 11.9. The summed E-state index contributed by atoms with van der Waals surface area (Å²) in [7, 11) is 0. The number of aromatic nitrogens is 2. The van der Waals surface area contributed by atoms with Crippen LogP contribution in [-0.4, -0.2) is 28.6 Å². The first kappa shape index (κ1) is 15.4. The Hall–Kier alpha value is -1.97. The molecule has 0 radical (unpaired) electrons. The maximum Gasteiger partial charge on any atom is 0.325 e. The van der Waals surface area contributed by atoms with E-state index in [9.17, 15) is 9.59 Å². The Kier molecular flexibility index (Phi) is 5.26. The fourth-order valence-electron chi connectivity index (χ4n) is 1.48. The molecule has 0 spiro atoms. The van der Waals surface area contributed by atoms with Crippen molar-refractivity contribution in [1.29, 1.82) is 0 Å². The first-order valence-electron chi connectivity index (χ1n) is 6.04. The Balaban J connectivity index is 1.79. The highest BCUT2D eigenvalue weighted by Crippen LogP contribution is 2.10. The zero-order valence-electron chi connectivity index (χ0n) is 11.1. The van der Waals surface area contributed by atoms with Gasteiger partial charge in [-0.25, -0.2) is 0 Å². The highest BCUT2D eigenvalue weighted by molar-refractivity contribution is 14.1. The normalized spacial score (nSPS) is 10.2. The van der Waals surface area contributed by atoms with E-state index in [-0.39, 0.29) is 24.9 Å². The molecule has 8 heteroatoms. The summed E-state index contributed by atoms with van der Waals surface area (Å²) in [4.78, 5) is 27.3. The molecule has 1 aromatic carbocycles. The lowest BCUT2D eigenvalue weighted by Gasteiger charge is -2.06. The van der Waals surface area contributed by atoms with Gasteiger partial charge in [-0.1, -0.05) is 17.3 Å². The number of nitrogens with zero attached hydrogens (tertiary/aromatic N) is 2. The standard InChI is InChI=1S/C13H12IN3O4/c1-8-16-11(21-17-8)7-20-12(18)6-15-13(19)9-4-2-3-5-10(9)14/h2-5H,6-7H2,1H3,(H,15,19). The Bertz CT molecular complexity index is 656. The van der Waals surface area contributed by atoms with E-state index in [2.05, 4.69) is 38.0 Å². The van der Waals surface area contributed by atoms with Crippen LogP contribution >= 0.6 is 22.6 Å². The van der Waals surface area contributed by atoms with Crippen molar-refractivity contribution in [3.63, 3.8) is 0 Å². The van der Waals surface area contributed by atoms with Crippen molar-refractivity contribution in [2.75, 3.05) is 6.54 Å². The average molecular weight is 401 g/mol. The molecule has 21 heavy (non-hydrogen) atoms. The van der Waals surface area contributed by atoms with E-state index in [0.29, 0.717) is 11.4 Å². The van der Waals surface area contributed by atoms with E-state index in [1.54, 1.807) is 19.1 Å². The first-order valence-corrected chi connectivity index (χ1v) is 7.11. The fourth-order valence-corrected chi connectivity index (χ4v) is 2.12. The quantitative estimate of drug-likeness (QED) is 0.602. The fraction of sp³-hybridized carbons (Fsp3) is 0.231. The SMILES string of the molecule is Cc1noc(COC(=O)CNC(=O)c2ccccc2I)n1. The topological polar surface area (TPSA) is 94.3 Å². The molecule has 1 heterocycles. The van der Waals surface area contributed by atoms with Gasteiger partial charge >= 0.3 is 5.97 Å². The molecule has 1 N–H and O–H groups in total. The van der Waals surface area contributed by atoms with Crippen LogP contribution in [-0.2, 0) is 16.1 Å². The second-order valence-electron chi connectivity index (χ2n) is 4.06. The lowest BCUT2D eigenvalue weighted by Crippen LogP contribution is -2.31. The van der Waals surface area contributed by atoms with Crippen LogP contribution in [0.1, 0.15) is 22.1 Å². The van der Waals surface area contributed by atoms with Gasteiger partial charge in [-0.2, -0.15) is 4.98 Å². The van der Waals surface area contributed by atoms with Crippen molar-refractivity contribution in [3.05, 3.63) is 45.1 Å². The number of hydrogen-bond acceptors (Lipinski definition) is 6. The van der Waals surface area contributed by atoms with Gasteiger partial charge in [-0.3, -0.25) is 9.59 Å². The van der Waals surface area contributed by atoms with Crippen LogP contribution in [0.4, 0.5) is 0 Å². The maximum atomic E-state index is 11.9. The van der Waals surface area contributed by atoms with E-state index in [4.69, 9.17) is 9.26 Å². The van der Waals surface area contributed by atoms with Crippen molar-refractivity contribution in [2.24, 2.45) is 0 Å².